The Morgan fingerprint density at radius 3 is 2.24 bits per heavy atom. The summed E-state index contributed by atoms with van der Waals surface area (Å²) in [6.07, 6.45) is 0. The molecule has 0 heterocycles. The van der Waals surface area contributed by atoms with Gasteiger partial charge in [-0.3, -0.25) is 4.84 Å². The lowest BCUT2D eigenvalue weighted by molar-refractivity contribution is -0.0866. The van der Waals surface area contributed by atoms with E-state index in [0.717, 1.165) is 5.56 Å². The maximum Gasteiger partial charge on any atom is 0.0813 e. The van der Waals surface area contributed by atoms with Gasteiger partial charge >= 0.3 is 0 Å². The molecule has 5 heteroatoms. The van der Waals surface area contributed by atoms with Crippen LogP contribution in [0.5, 0.6) is 0 Å². The Kier molecular flexibility index (Phi) is 5.11. The molecule has 96 valence electrons. The molecule has 17 heavy (non-hydrogen) atoms. The van der Waals surface area contributed by atoms with Crippen LogP contribution in [0.3, 0.4) is 0 Å². The largest absolute Gasteiger partial charge is 0.296 e. The van der Waals surface area contributed by atoms with E-state index in [9.17, 15) is 0 Å². The Balaban J connectivity index is 2.83. The Labute approximate surface area is 117 Å². The third-order valence-electron chi connectivity index (χ3n) is 2.07. The highest BCUT2D eigenvalue weighted by Gasteiger charge is 2.17. The molecule has 0 aromatic heterocycles. The van der Waals surface area contributed by atoms with Gasteiger partial charge in [0, 0.05) is 0 Å². The van der Waals surface area contributed by atoms with E-state index in [2.05, 4.69) is 5.48 Å². The molecule has 1 aromatic rings. The Morgan fingerprint density at radius 1 is 1.12 bits per heavy atom. The first-order valence-electron chi connectivity index (χ1n) is 5.29. The van der Waals surface area contributed by atoms with Crippen LogP contribution in [0.1, 0.15) is 39.3 Å². The van der Waals surface area contributed by atoms with Crippen molar-refractivity contribution >= 4 is 34.8 Å². The predicted molar refractivity (Wildman–Crippen MR) is 73.9 cm³/mol. The summed E-state index contributed by atoms with van der Waals surface area (Å²) in [5, 5.41) is 1.27. The summed E-state index contributed by atoms with van der Waals surface area (Å²) in [5.74, 6) is 0. The quantitative estimate of drug-likeness (QED) is 0.624. The first-order chi connectivity index (χ1) is 7.72. The molecule has 0 aliphatic rings. The van der Waals surface area contributed by atoms with Crippen LogP contribution in [0.25, 0.3) is 0 Å². The van der Waals surface area contributed by atoms with Crippen LogP contribution in [0, 0.1) is 0 Å². The molecule has 1 aromatic carbocycles. The van der Waals surface area contributed by atoms with Gasteiger partial charge in [0.05, 0.1) is 26.7 Å². The summed E-state index contributed by atoms with van der Waals surface area (Å²) in [6, 6.07) is 3.48. The summed E-state index contributed by atoms with van der Waals surface area (Å²) in [6.45, 7) is 7.83. The zero-order valence-corrected chi connectivity index (χ0v) is 12.5. The van der Waals surface area contributed by atoms with Gasteiger partial charge in [-0.05, 0) is 39.3 Å². The lowest BCUT2D eigenvalue weighted by Crippen LogP contribution is -2.31. The fourth-order valence-electron chi connectivity index (χ4n) is 1.20. The van der Waals surface area contributed by atoms with Crippen LogP contribution in [0.4, 0.5) is 0 Å². The topological polar surface area (TPSA) is 21.3 Å². The SMILES string of the molecule is CC(NOC(C)(C)C)c1ccc(Cl)c(Cl)c1Cl. The number of halogens is 3. The summed E-state index contributed by atoms with van der Waals surface area (Å²) in [7, 11) is 0. The molecule has 0 fully saturated rings. The van der Waals surface area contributed by atoms with Crippen molar-refractivity contribution in [1.82, 2.24) is 5.48 Å². The number of benzene rings is 1. The zero-order valence-electron chi connectivity index (χ0n) is 10.3. The average molecular weight is 297 g/mol. The Bertz CT molecular complexity index is 401. The normalized spacial score (nSPS) is 13.8. The van der Waals surface area contributed by atoms with Crippen molar-refractivity contribution in [3.8, 4) is 0 Å². The maximum atomic E-state index is 6.13. The van der Waals surface area contributed by atoms with Crippen molar-refractivity contribution in [2.75, 3.05) is 0 Å². The van der Waals surface area contributed by atoms with Gasteiger partial charge in [-0.15, -0.1) is 0 Å². The first kappa shape index (κ1) is 15.1. The van der Waals surface area contributed by atoms with E-state index >= 15 is 0 Å². The van der Waals surface area contributed by atoms with Gasteiger partial charge < -0.3 is 0 Å². The second-order valence-electron chi connectivity index (χ2n) is 4.82. The molecular formula is C12H16Cl3NO. The van der Waals surface area contributed by atoms with Crippen LogP contribution in [-0.2, 0) is 4.84 Å². The second kappa shape index (κ2) is 5.77. The summed E-state index contributed by atoms with van der Waals surface area (Å²) >= 11 is 18.0. The van der Waals surface area contributed by atoms with Crippen molar-refractivity contribution < 1.29 is 4.84 Å². The molecule has 0 aliphatic carbocycles. The summed E-state index contributed by atoms with van der Waals surface area (Å²) < 4.78 is 0. The van der Waals surface area contributed by atoms with Crippen LogP contribution >= 0.6 is 34.8 Å². The van der Waals surface area contributed by atoms with Crippen molar-refractivity contribution in [2.24, 2.45) is 0 Å². The van der Waals surface area contributed by atoms with Crippen molar-refractivity contribution in [3.63, 3.8) is 0 Å². The summed E-state index contributed by atoms with van der Waals surface area (Å²) in [4.78, 5) is 5.49. The monoisotopic (exact) mass is 295 g/mol. The number of hydroxylamine groups is 1. The average Bonchev–Trinajstić information content (AvgIpc) is 2.22. The number of nitrogens with one attached hydrogen (secondary N) is 1. The molecule has 0 radical (unpaired) electrons. The van der Waals surface area contributed by atoms with Gasteiger partial charge in [-0.25, -0.2) is 0 Å². The van der Waals surface area contributed by atoms with Crippen LogP contribution in [-0.4, -0.2) is 5.60 Å². The fraction of sp³-hybridized carbons (Fsp3) is 0.500. The van der Waals surface area contributed by atoms with E-state index in [1.165, 1.54) is 0 Å². The molecule has 0 bridgehead atoms. The van der Waals surface area contributed by atoms with Crippen LogP contribution < -0.4 is 5.48 Å². The number of rotatable bonds is 3. The lowest BCUT2D eigenvalue weighted by Gasteiger charge is -2.24. The molecule has 1 rings (SSSR count). The first-order valence-corrected chi connectivity index (χ1v) is 6.42. The molecule has 1 unspecified atom stereocenters. The Morgan fingerprint density at radius 2 is 1.71 bits per heavy atom. The molecule has 0 saturated carbocycles. The van der Waals surface area contributed by atoms with E-state index in [1.54, 1.807) is 6.07 Å². The smallest absolute Gasteiger partial charge is 0.0813 e. The fourth-order valence-corrected chi connectivity index (χ4v) is 1.91. The standard InChI is InChI=1S/C12H16Cl3NO/c1-7(16-17-12(2,3)4)8-5-6-9(13)11(15)10(8)14/h5-7,16H,1-4H3. The van der Waals surface area contributed by atoms with Crippen molar-refractivity contribution in [2.45, 2.75) is 39.3 Å². The minimum absolute atomic E-state index is 0.0727. The molecule has 0 saturated heterocycles. The number of hydrogen-bond donors (Lipinski definition) is 1. The van der Waals surface area contributed by atoms with Crippen molar-refractivity contribution in [1.29, 1.82) is 0 Å². The highest BCUT2D eigenvalue weighted by molar-refractivity contribution is 6.48. The molecule has 0 amide bonds. The summed E-state index contributed by atoms with van der Waals surface area (Å²) in [5.41, 5.74) is 3.53. The van der Waals surface area contributed by atoms with Crippen LogP contribution in [0.15, 0.2) is 12.1 Å². The minimum Gasteiger partial charge on any atom is -0.296 e. The minimum atomic E-state index is -0.267. The van der Waals surface area contributed by atoms with Crippen molar-refractivity contribution in [3.05, 3.63) is 32.8 Å². The third kappa shape index (κ3) is 4.31. The van der Waals surface area contributed by atoms with Gasteiger partial charge in [-0.2, -0.15) is 5.48 Å². The van der Waals surface area contributed by atoms with Gasteiger partial charge in [0.25, 0.3) is 0 Å². The molecule has 0 aliphatic heterocycles. The highest BCUT2D eigenvalue weighted by Crippen LogP contribution is 2.35. The van der Waals surface area contributed by atoms with Gasteiger partial charge in [0.1, 0.15) is 0 Å². The van der Waals surface area contributed by atoms with E-state index in [-0.39, 0.29) is 11.6 Å². The van der Waals surface area contributed by atoms with Gasteiger partial charge in [-0.1, -0.05) is 40.9 Å². The third-order valence-corrected chi connectivity index (χ3v) is 3.38. The van der Waals surface area contributed by atoms with E-state index in [4.69, 9.17) is 39.6 Å². The number of hydrogen-bond acceptors (Lipinski definition) is 2. The highest BCUT2D eigenvalue weighted by atomic mass is 35.5. The van der Waals surface area contributed by atoms with Gasteiger partial charge in [0.2, 0.25) is 0 Å². The zero-order chi connectivity index (χ0) is 13.2. The molecule has 0 spiro atoms. The second-order valence-corrected chi connectivity index (χ2v) is 5.98. The lowest BCUT2D eigenvalue weighted by atomic mass is 10.1. The van der Waals surface area contributed by atoms with E-state index in [0.29, 0.717) is 15.1 Å². The van der Waals surface area contributed by atoms with Crippen LogP contribution in [0.2, 0.25) is 15.1 Å². The van der Waals surface area contributed by atoms with E-state index in [1.807, 2.05) is 33.8 Å². The molecule has 1 N–H and O–H groups in total. The maximum absolute atomic E-state index is 6.13. The van der Waals surface area contributed by atoms with Gasteiger partial charge in [0.15, 0.2) is 0 Å². The molecule has 1 atom stereocenters. The molecule has 2 nitrogen and oxygen atoms in total. The Hall–Kier alpha value is 0.01000. The predicted octanol–water partition coefficient (Wildman–Crippen LogP) is 5.03. The molecular weight excluding hydrogens is 280 g/mol. The van der Waals surface area contributed by atoms with E-state index < -0.39 is 0 Å².